The van der Waals surface area contributed by atoms with Crippen LogP contribution < -0.4 is 3.53 Å². The summed E-state index contributed by atoms with van der Waals surface area (Å²) in [4.78, 5) is 4.25. The van der Waals surface area contributed by atoms with E-state index in [4.69, 9.17) is 0 Å². The van der Waals surface area contributed by atoms with Crippen molar-refractivity contribution in [2.75, 3.05) is 3.53 Å². The van der Waals surface area contributed by atoms with Crippen molar-refractivity contribution in [2.24, 2.45) is 0 Å². The van der Waals surface area contributed by atoms with E-state index in [0.29, 0.717) is 0 Å². The van der Waals surface area contributed by atoms with Crippen LogP contribution in [0.4, 0.5) is 5.13 Å². The van der Waals surface area contributed by atoms with E-state index in [1.165, 1.54) is 5.69 Å². The van der Waals surface area contributed by atoms with Gasteiger partial charge in [0, 0.05) is 5.38 Å². The van der Waals surface area contributed by atoms with Gasteiger partial charge in [-0.05, 0) is 6.42 Å². The fourth-order valence-electron chi connectivity index (χ4n) is 0.513. The van der Waals surface area contributed by atoms with Crippen molar-refractivity contribution in [2.45, 2.75) is 13.3 Å². The molecular formula is C5H7IN2S. The van der Waals surface area contributed by atoms with Crippen molar-refractivity contribution in [1.29, 1.82) is 0 Å². The molecule has 1 aromatic heterocycles. The first-order valence-electron chi connectivity index (χ1n) is 2.68. The number of aromatic nitrogens is 1. The van der Waals surface area contributed by atoms with Crippen LogP contribution >= 0.6 is 34.2 Å². The van der Waals surface area contributed by atoms with Crippen molar-refractivity contribution in [3.05, 3.63) is 11.1 Å². The van der Waals surface area contributed by atoms with Crippen molar-refractivity contribution in [1.82, 2.24) is 4.98 Å². The van der Waals surface area contributed by atoms with Crippen LogP contribution in [0.25, 0.3) is 0 Å². The van der Waals surface area contributed by atoms with Crippen molar-refractivity contribution in [3.8, 4) is 0 Å². The zero-order valence-corrected chi connectivity index (χ0v) is 7.99. The van der Waals surface area contributed by atoms with E-state index in [0.717, 1.165) is 11.6 Å². The molecule has 0 aliphatic rings. The maximum Gasteiger partial charge on any atom is 0.191 e. The second-order valence-electron chi connectivity index (χ2n) is 1.59. The normalized spacial score (nSPS) is 9.56. The van der Waals surface area contributed by atoms with Crippen molar-refractivity contribution >= 4 is 39.3 Å². The molecule has 0 amide bonds. The summed E-state index contributed by atoms with van der Waals surface area (Å²) in [6, 6.07) is 0. The molecule has 0 aromatic carbocycles. The van der Waals surface area contributed by atoms with Gasteiger partial charge in [0.2, 0.25) is 0 Å². The number of anilines is 1. The smallest absolute Gasteiger partial charge is 0.191 e. The quantitative estimate of drug-likeness (QED) is 0.647. The van der Waals surface area contributed by atoms with Gasteiger partial charge in [-0.2, -0.15) is 0 Å². The first-order chi connectivity index (χ1) is 4.36. The third-order valence-electron chi connectivity index (χ3n) is 0.995. The number of nitrogens with zero attached hydrogens (tertiary/aromatic N) is 1. The van der Waals surface area contributed by atoms with Crippen LogP contribution in [0.1, 0.15) is 12.6 Å². The zero-order chi connectivity index (χ0) is 6.69. The minimum atomic E-state index is 0.993. The fraction of sp³-hybridized carbons (Fsp3) is 0.400. The molecule has 50 valence electrons. The first-order valence-corrected chi connectivity index (χ1v) is 4.63. The van der Waals surface area contributed by atoms with Crippen molar-refractivity contribution in [3.63, 3.8) is 0 Å². The lowest BCUT2D eigenvalue weighted by Crippen LogP contribution is -1.80. The highest BCUT2D eigenvalue weighted by molar-refractivity contribution is 14.1. The Labute approximate surface area is 72.2 Å². The Morgan fingerprint density at radius 3 is 3.00 bits per heavy atom. The molecule has 0 unspecified atom stereocenters. The minimum Gasteiger partial charge on any atom is -0.304 e. The topological polar surface area (TPSA) is 24.9 Å². The number of aryl methyl sites for hydroxylation is 1. The van der Waals surface area contributed by atoms with Crippen LogP contribution in [0.15, 0.2) is 5.38 Å². The summed E-state index contributed by atoms with van der Waals surface area (Å²) in [6.45, 7) is 2.10. The Kier molecular flexibility index (Phi) is 2.71. The van der Waals surface area contributed by atoms with E-state index < -0.39 is 0 Å². The van der Waals surface area contributed by atoms with Gasteiger partial charge in [0.15, 0.2) is 5.13 Å². The molecule has 2 nitrogen and oxygen atoms in total. The third kappa shape index (κ3) is 1.79. The lowest BCUT2D eigenvalue weighted by Gasteiger charge is -1.84. The lowest BCUT2D eigenvalue weighted by molar-refractivity contribution is 1.07. The number of rotatable bonds is 2. The maximum absolute atomic E-state index is 4.25. The molecule has 1 aromatic rings. The van der Waals surface area contributed by atoms with Gasteiger partial charge in [-0.1, -0.05) is 6.92 Å². The molecule has 9 heavy (non-hydrogen) atoms. The number of nitrogens with one attached hydrogen (secondary N) is 1. The van der Waals surface area contributed by atoms with Gasteiger partial charge < -0.3 is 3.53 Å². The zero-order valence-electron chi connectivity index (χ0n) is 5.02. The van der Waals surface area contributed by atoms with E-state index >= 15 is 0 Å². The molecule has 0 radical (unpaired) electrons. The predicted octanol–water partition coefficient (Wildman–Crippen LogP) is 2.47. The molecule has 1 heterocycles. The summed E-state index contributed by atoms with van der Waals surface area (Å²) in [7, 11) is 0. The highest BCUT2D eigenvalue weighted by Crippen LogP contribution is 2.16. The summed E-state index contributed by atoms with van der Waals surface area (Å²) in [6.07, 6.45) is 1.02. The molecule has 0 atom stereocenters. The standard InChI is InChI=1S/C5H7IN2S/c1-2-4-3-9-5(7-4)8-6/h3H,2H2,1H3,(H,7,8). The van der Waals surface area contributed by atoms with Gasteiger partial charge in [0.1, 0.15) is 0 Å². The molecule has 0 aliphatic carbocycles. The summed E-state index contributed by atoms with van der Waals surface area (Å²) >= 11 is 3.73. The molecule has 1 rings (SSSR count). The Bertz CT molecular complexity index is 168. The van der Waals surface area contributed by atoms with Gasteiger partial charge in [0.05, 0.1) is 28.6 Å². The number of thiazole rings is 1. The van der Waals surface area contributed by atoms with Crippen molar-refractivity contribution < 1.29 is 0 Å². The van der Waals surface area contributed by atoms with Crippen LogP contribution in [0.5, 0.6) is 0 Å². The van der Waals surface area contributed by atoms with Crippen LogP contribution in [0, 0.1) is 0 Å². The van der Waals surface area contributed by atoms with E-state index in [2.05, 4.69) is 43.7 Å². The first kappa shape index (κ1) is 7.27. The van der Waals surface area contributed by atoms with Crippen LogP contribution in [-0.4, -0.2) is 4.98 Å². The molecule has 0 fully saturated rings. The highest BCUT2D eigenvalue weighted by atomic mass is 127. The average Bonchev–Trinajstić information content (AvgIpc) is 2.34. The molecule has 0 bridgehead atoms. The Hall–Kier alpha value is 0.160. The Balaban J connectivity index is 2.74. The van der Waals surface area contributed by atoms with E-state index in [1.807, 2.05) is 0 Å². The van der Waals surface area contributed by atoms with Gasteiger partial charge >= 0.3 is 0 Å². The molecule has 0 saturated heterocycles. The average molecular weight is 254 g/mol. The SMILES string of the molecule is CCc1csc(NI)n1. The van der Waals surface area contributed by atoms with Gasteiger partial charge in [-0.15, -0.1) is 11.3 Å². The van der Waals surface area contributed by atoms with E-state index in [1.54, 1.807) is 11.3 Å². The monoisotopic (exact) mass is 254 g/mol. The molecule has 0 aliphatic heterocycles. The highest BCUT2D eigenvalue weighted by Gasteiger charge is 1.95. The predicted molar refractivity (Wildman–Crippen MR) is 49.1 cm³/mol. The number of hydrogen-bond donors (Lipinski definition) is 1. The summed E-state index contributed by atoms with van der Waals surface area (Å²) in [5, 5.41) is 3.06. The number of halogens is 1. The minimum absolute atomic E-state index is 0.993. The molecule has 1 N–H and O–H groups in total. The van der Waals surface area contributed by atoms with E-state index in [9.17, 15) is 0 Å². The summed E-state index contributed by atoms with van der Waals surface area (Å²) < 4.78 is 2.96. The Morgan fingerprint density at radius 1 is 1.89 bits per heavy atom. The second kappa shape index (κ2) is 3.36. The van der Waals surface area contributed by atoms with Gasteiger partial charge in [0.25, 0.3) is 0 Å². The lowest BCUT2D eigenvalue weighted by atomic mass is 10.4. The molecule has 0 saturated carbocycles. The molecular weight excluding hydrogens is 247 g/mol. The van der Waals surface area contributed by atoms with Gasteiger partial charge in [-0.25, -0.2) is 4.98 Å². The van der Waals surface area contributed by atoms with Crippen LogP contribution in [0.2, 0.25) is 0 Å². The van der Waals surface area contributed by atoms with E-state index in [-0.39, 0.29) is 0 Å². The van der Waals surface area contributed by atoms with Crippen LogP contribution in [0.3, 0.4) is 0 Å². The molecule has 4 heteroatoms. The molecule has 0 spiro atoms. The fourth-order valence-corrected chi connectivity index (χ4v) is 1.70. The largest absolute Gasteiger partial charge is 0.304 e. The van der Waals surface area contributed by atoms with Crippen LogP contribution in [-0.2, 0) is 6.42 Å². The number of hydrogen-bond acceptors (Lipinski definition) is 3. The summed E-state index contributed by atoms with van der Waals surface area (Å²) in [5.74, 6) is 0. The second-order valence-corrected chi connectivity index (χ2v) is 2.99. The summed E-state index contributed by atoms with van der Waals surface area (Å²) in [5.41, 5.74) is 1.17. The third-order valence-corrected chi connectivity index (χ3v) is 2.68. The van der Waals surface area contributed by atoms with Gasteiger partial charge in [-0.3, -0.25) is 0 Å². The Morgan fingerprint density at radius 2 is 2.67 bits per heavy atom. The maximum atomic E-state index is 4.25.